The summed E-state index contributed by atoms with van der Waals surface area (Å²) in [5, 5.41) is 3.93. The molecule has 13 heavy (non-hydrogen) atoms. The average molecular weight is 270 g/mol. The van der Waals surface area contributed by atoms with E-state index in [-0.39, 0.29) is 6.54 Å². The van der Waals surface area contributed by atoms with Crippen molar-refractivity contribution in [2.24, 2.45) is 0 Å². The topological polar surface area (TPSA) is 29.1 Å². The number of nitrogens with one attached hydrogen (secondary N) is 1. The number of halogens is 3. The Morgan fingerprint density at radius 2 is 2.38 bits per heavy atom. The van der Waals surface area contributed by atoms with Gasteiger partial charge in [0.15, 0.2) is 0 Å². The molecule has 0 unspecified atom stereocenters. The number of thiophene rings is 1. The zero-order chi connectivity index (χ0) is 9.84. The Morgan fingerprint density at radius 3 is 2.85 bits per heavy atom. The highest BCUT2D eigenvalue weighted by molar-refractivity contribution is 9.11. The minimum absolute atomic E-state index is 0.132. The second kappa shape index (κ2) is 4.66. The summed E-state index contributed by atoms with van der Waals surface area (Å²) in [6, 6.07) is 1.76. The van der Waals surface area contributed by atoms with E-state index in [1.165, 1.54) is 11.3 Å². The SMILES string of the molecule is O=C(NCc1ccsc1Br)C(F)F. The molecule has 0 aliphatic carbocycles. The number of carbonyl (C=O) groups excluding carboxylic acids is 1. The van der Waals surface area contributed by atoms with E-state index in [1.54, 1.807) is 6.07 Å². The summed E-state index contributed by atoms with van der Waals surface area (Å²) in [6.45, 7) is 0.132. The zero-order valence-electron chi connectivity index (χ0n) is 6.39. The molecule has 6 heteroatoms. The van der Waals surface area contributed by atoms with E-state index in [2.05, 4.69) is 21.2 Å². The van der Waals surface area contributed by atoms with E-state index in [0.717, 1.165) is 9.35 Å². The van der Waals surface area contributed by atoms with Crippen LogP contribution in [0.25, 0.3) is 0 Å². The first-order valence-corrected chi connectivity index (χ1v) is 5.06. The molecule has 1 amide bonds. The summed E-state index contributed by atoms with van der Waals surface area (Å²) in [6.07, 6.45) is -2.95. The van der Waals surface area contributed by atoms with Crippen LogP contribution in [0.3, 0.4) is 0 Å². The molecule has 0 aliphatic rings. The number of amides is 1. The number of alkyl halides is 2. The van der Waals surface area contributed by atoms with Crippen molar-refractivity contribution in [1.82, 2.24) is 5.32 Å². The summed E-state index contributed by atoms with van der Waals surface area (Å²) in [7, 11) is 0. The van der Waals surface area contributed by atoms with E-state index in [4.69, 9.17) is 0 Å². The molecule has 0 aliphatic heterocycles. The highest BCUT2D eigenvalue weighted by Gasteiger charge is 2.14. The first-order valence-electron chi connectivity index (χ1n) is 3.39. The molecule has 1 aromatic rings. The molecule has 0 radical (unpaired) electrons. The van der Waals surface area contributed by atoms with Crippen LogP contribution in [-0.2, 0) is 11.3 Å². The third-order valence-electron chi connectivity index (χ3n) is 1.34. The maximum absolute atomic E-state index is 11.7. The number of hydrogen-bond donors (Lipinski definition) is 1. The maximum Gasteiger partial charge on any atom is 0.315 e. The van der Waals surface area contributed by atoms with Crippen molar-refractivity contribution in [3.63, 3.8) is 0 Å². The Bertz CT molecular complexity index is 302. The quantitative estimate of drug-likeness (QED) is 0.897. The third kappa shape index (κ3) is 3.04. The lowest BCUT2D eigenvalue weighted by Crippen LogP contribution is -2.28. The van der Waals surface area contributed by atoms with E-state index < -0.39 is 12.3 Å². The fourth-order valence-corrected chi connectivity index (χ4v) is 1.94. The second-order valence-corrected chi connectivity index (χ2v) is 4.47. The van der Waals surface area contributed by atoms with Gasteiger partial charge in [0.05, 0.1) is 3.79 Å². The van der Waals surface area contributed by atoms with Crippen LogP contribution in [0.4, 0.5) is 8.78 Å². The van der Waals surface area contributed by atoms with Crippen LogP contribution in [0.2, 0.25) is 0 Å². The molecule has 0 atom stereocenters. The molecule has 2 nitrogen and oxygen atoms in total. The molecule has 0 spiro atoms. The number of hydrogen-bond acceptors (Lipinski definition) is 2. The fourth-order valence-electron chi connectivity index (χ4n) is 0.705. The predicted octanol–water partition coefficient (Wildman–Crippen LogP) is 2.39. The van der Waals surface area contributed by atoms with Crippen molar-refractivity contribution in [3.8, 4) is 0 Å². The normalized spacial score (nSPS) is 10.5. The smallest absolute Gasteiger partial charge is 0.315 e. The lowest BCUT2D eigenvalue weighted by molar-refractivity contribution is -0.131. The molecule has 0 saturated heterocycles. The van der Waals surface area contributed by atoms with Gasteiger partial charge in [0.1, 0.15) is 0 Å². The molecular formula is C7H6BrF2NOS. The van der Waals surface area contributed by atoms with Crippen LogP contribution in [0.15, 0.2) is 15.2 Å². The lowest BCUT2D eigenvalue weighted by atomic mass is 10.3. The van der Waals surface area contributed by atoms with Crippen molar-refractivity contribution >= 4 is 33.2 Å². The van der Waals surface area contributed by atoms with Crippen LogP contribution < -0.4 is 5.32 Å². The molecule has 1 aromatic heterocycles. The molecule has 1 rings (SSSR count). The fraction of sp³-hybridized carbons (Fsp3) is 0.286. The molecule has 1 heterocycles. The van der Waals surface area contributed by atoms with Crippen LogP contribution >= 0.6 is 27.3 Å². The highest BCUT2D eigenvalue weighted by atomic mass is 79.9. The summed E-state index contributed by atoms with van der Waals surface area (Å²) in [5.74, 6) is -1.24. The number of carbonyl (C=O) groups is 1. The summed E-state index contributed by atoms with van der Waals surface area (Å²) < 4.78 is 24.3. The first-order chi connectivity index (χ1) is 6.11. The van der Waals surface area contributed by atoms with E-state index in [1.807, 2.05) is 5.38 Å². The van der Waals surface area contributed by atoms with Gasteiger partial charge in [0.25, 0.3) is 5.91 Å². The van der Waals surface area contributed by atoms with Crippen molar-refractivity contribution in [2.75, 3.05) is 0 Å². The molecule has 1 N–H and O–H groups in total. The van der Waals surface area contributed by atoms with Gasteiger partial charge in [-0.15, -0.1) is 11.3 Å². The second-order valence-electron chi connectivity index (χ2n) is 2.24. The van der Waals surface area contributed by atoms with Crippen LogP contribution in [0.1, 0.15) is 5.56 Å². The maximum atomic E-state index is 11.7. The Labute approximate surface area is 86.1 Å². The van der Waals surface area contributed by atoms with Crippen LogP contribution in [0.5, 0.6) is 0 Å². The van der Waals surface area contributed by atoms with Crippen molar-refractivity contribution < 1.29 is 13.6 Å². The molecule has 72 valence electrons. The standard InChI is InChI=1S/C7H6BrF2NOS/c8-5-4(1-2-13-5)3-11-7(12)6(9)10/h1-2,6H,3H2,(H,11,12). The van der Waals surface area contributed by atoms with Gasteiger partial charge in [-0.05, 0) is 32.9 Å². The summed E-state index contributed by atoms with van der Waals surface area (Å²) >= 11 is 4.68. The predicted molar refractivity (Wildman–Crippen MR) is 49.9 cm³/mol. The van der Waals surface area contributed by atoms with Gasteiger partial charge in [0, 0.05) is 6.54 Å². The van der Waals surface area contributed by atoms with Gasteiger partial charge < -0.3 is 5.32 Å². The Kier molecular flexibility index (Phi) is 3.80. The summed E-state index contributed by atoms with van der Waals surface area (Å²) in [5.41, 5.74) is 0.805. The van der Waals surface area contributed by atoms with E-state index >= 15 is 0 Å². The van der Waals surface area contributed by atoms with Gasteiger partial charge in [-0.1, -0.05) is 0 Å². The first kappa shape index (κ1) is 10.6. The van der Waals surface area contributed by atoms with Crippen LogP contribution in [0, 0.1) is 0 Å². The third-order valence-corrected chi connectivity index (χ3v) is 3.16. The van der Waals surface area contributed by atoms with Gasteiger partial charge in [-0.2, -0.15) is 8.78 Å². The Hall–Kier alpha value is -0.490. The van der Waals surface area contributed by atoms with Gasteiger partial charge >= 0.3 is 6.43 Å². The van der Waals surface area contributed by atoms with Gasteiger partial charge in [-0.25, -0.2) is 0 Å². The van der Waals surface area contributed by atoms with Crippen molar-refractivity contribution in [2.45, 2.75) is 13.0 Å². The van der Waals surface area contributed by atoms with E-state index in [0.29, 0.717) is 0 Å². The van der Waals surface area contributed by atoms with Gasteiger partial charge in [0.2, 0.25) is 0 Å². The molecule has 0 saturated carbocycles. The van der Waals surface area contributed by atoms with Crippen LogP contribution in [-0.4, -0.2) is 12.3 Å². The Morgan fingerprint density at radius 1 is 1.69 bits per heavy atom. The minimum Gasteiger partial charge on any atom is -0.347 e. The zero-order valence-corrected chi connectivity index (χ0v) is 8.79. The average Bonchev–Trinajstić information content (AvgIpc) is 2.47. The van der Waals surface area contributed by atoms with Crippen molar-refractivity contribution in [1.29, 1.82) is 0 Å². The molecular weight excluding hydrogens is 264 g/mol. The van der Waals surface area contributed by atoms with Gasteiger partial charge in [-0.3, -0.25) is 4.79 Å². The molecule has 0 bridgehead atoms. The van der Waals surface area contributed by atoms with Crippen molar-refractivity contribution in [3.05, 3.63) is 20.8 Å². The highest BCUT2D eigenvalue weighted by Crippen LogP contribution is 2.22. The summed E-state index contributed by atoms with van der Waals surface area (Å²) in [4.78, 5) is 10.5. The van der Waals surface area contributed by atoms with E-state index in [9.17, 15) is 13.6 Å². The lowest BCUT2D eigenvalue weighted by Gasteiger charge is -2.02. The monoisotopic (exact) mass is 269 g/mol. The Balaban J connectivity index is 2.44. The molecule has 0 aromatic carbocycles. The largest absolute Gasteiger partial charge is 0.347 e. The molecule has 0 fully saturated rings. The number of rotatable bonds is 3. The minimum atomic E-state index is -2.95.